The molecule has 12 nitrogen and oxygen atoms in total. The standard InChI is InChI=1S/C33H34FN3O5.C2H2O4/c1-42-29-5-3-2-4-28(29)36(33(41)26-8-6-23(7-9-26)22-37-30(38)14-15-31(37)39)21-20-35-18-16-25(17-19-35)32(40)24-10-12-27(34)13-11-24;3-1(4)2(5)6/h2-13,25H,14-22H2,1H3;(H,3,4)(H,5,6). The van der Waals surface area contributed by atoms with E-state index in [4.69, 9.17) is 24.5 Å². The van der Waals surface area contributed by atoms with Gasteiger partial charge in [0.2, 0.25) is 11.8 Å². The number of carboxylic acids is 2. The van der Waals surface area contributed by atoms with Crippen LogP contribution in [0, 0.1) is 11.7 Å². The molecule has 48 heavy (non-hydrogen) atoms. The number of ketones is 1. The number of carboxylic acid groups (broad SMARTS) is 2. The van der Waals surface area contributed by atoms with E-state index in [1.54, 1.807) is 48.4 Å². The minimum absolute atomic E-state index is 0.0439. The molecule has 3 aromatic rings. The van der Waals surface area contributed by atoms with Gasteiger partial charge >= 0.3 is 11.9 Å². The maximum absolute atomic E-state index is 13.8. The van der Waals surface area contributed by atoms with Gasteiger partial charge in [-0.25, -0.2) is 14.0 Å². The predicted octanol–water partition coefficient (Wildman–Crippen LogP) is 3.88. The summed E-state index contributed by atoms with van der Waals surface area (Å²) in [5, 5.41) is 14.8. The van der Waals surface area contributed by atoms with Gasteiger partial charge in [-0.05, 0) is 80.0 Å². The number of piperidine rings is 1. The molecule has 2 aliphatic heterocycles. The average molecular weight is 662 g/mol. The van der Waals surface area contributed by atoms with Gasteiger partial charge in [0, 0.05) is 43.0 Å². The van der Waals surface area contributed by atoms with Crippen molar-refractivity contribution in [1.82, 2.24) is 9.80 Å². The Kier molecular flexibility index (Phi) is 12.1. The van der Waals surface area contributed by atoms with Gasteiger partial charge in [-0.15, -0.1) is 0 Å². The first-order chi connectivity index (χ1) is 23.0. The lowest BCUT2D eigenvalue weighted by atomic mass is 9.89. The second-order valence-electron chi connectivity index (χ2n) is 11.3. The molecule has 0 unspecified atom stereocenters. The number of nitrogens with zero attached hydrogens (tertiary/aromatic N) is 3. The van der Waals surface area contributed by atoms with Crippen LogP contribution < -0.4 is 9.64 Å². The molecule has 13 heteroatoms. The van der Waals surface area contributed by atoms with Gasteiger partial charge in [0.15, 0.2) is 5.78 Å². The highest BCUT2D eigenvalue weighted by Crippen LogP contribution is 2.30. The Morgan fingerprint density at radius 1 is 0.833 bits per heavy atom. The number of benzene rings is 3. The smallest absolute Gasteiger partial charge is 0.414 e. The highest BCUT2D eigenvalue weighted by atomic mass is 19.1. The summed E-state index contributed by atoms with van der Waals surface area (Å²) in [6.45, 7) is 2.65. The molecule has 2 aliphatic rings. The Morgan fingerprint density at radius 3 is 1.96 bits per heavy atom. The number of aliphatic carboxylic acids is 2. The lowest BCUT2D eigenvalue weighted by molar-refractivity contribution is -0.159. The molecule has 0 atom stereocenters. The van der Waals surface area contributed by atoms with Crippen LogP contribution >= 0.6 is 0 Å². The maximum Gasteiger partial charge on any atom is 0.414 e. The molecule has 2 saturated heterocycles. The second kappa shape index (κ2) is 16.4. The van der Waals surface area contributed by atoms with E-state index in [2.05, 4.69) is 4.90 Å². The third-order valence-electron chi connectivity index (χ3n) is 8.23. The highest BCUT2D eigenvalue weighted by molar-refractivity contribution is 6.27. The molecular formula is C35H36FN3O9. The van der Waals surface area contributed by atoms with Crippen LogP contribution in [0.3, 0.4) is 0 Å². The summed E-state index contributed by atoms with van der Waals surface area (Å²) < 4.78 is 18.8. The van der Waals surface area contributed by atoms with Crippen LogP contribution in [0.25, 0.3) is 0 Å². The Bertz CT molecular complexity index is 1620. The number of carbonyl (C=O) groups is 6. The predicted molar refractivity (Wildman–Crippen MR) is 171 cm³/mol. The highest BCUT2D eigenvalue weighted by Gasteiger charge is 2.30. The van der Waals surface area contributed by atoms with Gasteiger partial charge in [0.05, 0.1) is 19.3 Å². The topological polar surface area (TPSA) is 162 Å². The molecule has 0 radical (unpaired) electrons. The lowest BCUT2D eigenvalue weighted by Crippen LogP contribution is -2.43. The number of halogens is 1. The largest absolute Gasteiger partial charge is 0.495 e. The van der Waals surface area contributed by atoms with Crippen LogP contribution in [0.15, 0.2) is 72.8 Å². The number of anilines is 1. The molecule has 2 N–H and O–H groups in total. The van der Waals surface area contributed by atoms with E-state index in [-0.39, 0.29) is 54.6 Å². The Morgan fingerprint density at radius 2 is 1.40 bits per heavy atom. The summed E-state index contributed by atoms with van der Waals surface area (Å²) >= 11 is 0. The molecule has 2 heterocycles. The van der Waals surface area contributed by atoms with Crippen LogP contribution in [-0.4, -0.2) is 88.7 Å². The zero-order valence-electron chi connectivity index (χ0n) is 26.3. The quantitative estimate of drug-likeness (QED) is 0.185. The first-order valence-electron chi connectivity index (χ1n) is 15.3. The zero-order chi connectivity index (χ0) is 34.8. The molecule has 3 amide bonds. The Labute approximate surface area is 276 Å². The van der Waals surface area contributed by atoms with E-state index in [0.29, 0.717) is 61.6 Å². The minimum atomic E-state index is -1.82. The van der Waals surface area contributed by atoms with Gasteiger partial charge in [-0.2, -0.15) is 0 Å². The van der Waals surface area contributed by atoms with E-state index in [0.717, 1.165) is 5.56 Å². The average Bonchev–Trinajstić information content (AvgIpc) is 3.41. The maximum atomic E-state index is 13.8. The molecule has 3 aromatic carbocycles. The fourth-order valence-corrected chi connectivity index (χ4v) is 5.58. The zero-order valence-corrected chi connectivity index (χ0v) is 26.3. The van der Waals surface area contributed by atoms with Crippen LogP contribution in [0.2, 0.25) is 0 Å². The Balaban J connectivity index is 0.000000794. The van der Waals surface area contributed by atoms with Crippen molar-refractivity contribution in [3.8, 4) is 5.75 Å². The summed E-state index contributed by atoms with van der Waals surface area (Å²) in [7, 11) is 1.57. The number of ether oxygens (including phenoxy) is 1. The lowest BCUT2D eigenvalue weighted by Gasteiger charge is -2.33. The monoisotopic (exact) mass is 661 g/mol. The van der Waals surface area contributed by atoms with Crippen LogP contribution in [0.5, 0.6) is 5.75 Å². The third kappa shape index (κ3) is 9.10. The van der Waals surface area contributed by atoms with Crippen molar-refractivity contribution in [2.24, 2.45) is 5.92 Å². The SMILES string of the molecule is COc1ccccc1N(CCN1CCC(C(=O)c2ccc(F)cc2)CC1)C(=O)c1ccc(CN2C(=O)CCC2=O)cc1.O=C(O)C(=O)O. The molecular weight excluding hydrogens is 625 g/mol. The van der Waals surface area contributed by atoms with Crippen LogP contribution in [0.1, 0.15) is 52.0 Å². The molecule has 0 bridgehead atoms. The summed E-state index contributed by atoms with van der Waals surface area (Å²) in [4.78, 5) is 74.1. The number of rotatable bonds is 10. The number of methoxy groups -OCH3 is 1. The third-order valence-corrected chi connectivity index (χ3v) is 8.23. The molecule has 0 spiro atoms. The number of amides is 3. The van der Waals surface area contributed by atoms with Crippen molar-refractivity contribution >= 4 is 41.1 Å². The number of imide groups is 1. The van der Waals surface area contributed by atoms with Crippen molar-refractivity contribution in [3.05, 3.63) is 95.3 Å². The number of hydrogen-bond donors (Lipinski definition) is 2. The number of likely N-dealkylation sites (tertiary alicyclic amines) is 2. The van der Waals surface area contributed by atoms with Crippen molar-refractivity contribution in [1.29, 1.82) is 0 Å². The first kappa shape index (κ1) is 35.4. The summed E-state index contributed by atoms with van der Waals surface area (Å²) in [6.07, 6.45) is 1.88. The summed E-state index contributed by atoms with van der Waals surface area (Å²) in [6, 6.07) is 20.1. The number of Topliss-reactive ketones (excluding diaryl/α,β-unsaturated/α-hetero) is 1. The van der Waals surface area contributed by atoms with Crippen LogP contribution in [-0.2, 0) is 25.7 Å². The van der Waals surface area contributed by atoms with Crippen molar-refractivity contribution < 1.29 is 48.1 Å². The summed E-state index contributed by atoms with van der Waals surface area (Å²) in [5.74, 6) is -4.03. The minimum Gasteiger partial charge on any atom is -0.495 e. The number of para-hydroxylation sites is 2. The van der Waals surface area contributed by atoms with Gasteiger partial charge in [0.25, 0.3) is 5.91 Å². The fourth-order valence-electron chi connectivity index (χ4n) is 5.58. The Hall–Kier alpha value is -5.43. The van der Waals surface area contributed by atoms with Crippen molar-refractivity contribution in [2.45, 2.75) is 32.2 Å². The normalized spacial score (nSPS) is 15.0. The van der Waals surface area contributed by atoms with Crippen LogP contribution in [0.4, 0.5) is 10.1 Å². The fraction of sp³-hybridized carbons (Fsp3) is 0.314. The van der Waals surface area contributed by atoms with E-state index in [9.17, 15) is 23.6 Å². The molecule has 2 fully saturated rings. The first-order valence-corrected chi connectivity index (χ1v) is 15.3. The van der Waals surface area contributed by atoms with Gasteiger partial charge in [-0.1, -0.05) is 24.3 Å². The number of carbonyl (C=O) groups excluding carboxylic acids is 4. The number of hydrogen-bond acceptors (Lipinski definition) is 8. The molecule has 5 rings (SSSR count). The molecule has 252 valence electrons. The molecule has 0 saturated carbocycles. The van der Waals surface area contributed by atoms with Gasteiger partial charge in [0.1, 0.15) is 11.6 Å². The van der Waals surface area contributed by atoms with E-state index < -0.39 is 11.9 Å². The van der Waals surface area contributed by atoms with E-state index >= 15 is 0 Å². The van der Waals surface area contributed by atoms with Crippen molar-refractivity contribution in [2.75, 3.05) is 38.2 Å². The van der Waals surface area contributed by atoms with Crippen molar-refractivity contribution in [3.63, 3.8) is 0 Å². The second-order valence-corrected chi connectivity index (χ2v) is 11.3. The van der Waals surface area contributed by atoms with Gasteiger partial charge < -0.3 is 24.7 Å². The molecule has 0 aliphatic carbocycles. The van der Waals surface area contributed by atoms with E-state index in [1.807, 2.05) is 24.3 Å². The van der Waals surface area contributed by atoms with E-state index in [1.165, 1.54) is 17.0 Å². The van der Waals surface area contributed by atoms with Gasteiger partial charge in [-0.3, -0.25) is 24.1 Å². The molecule has 0 aromatic heterocycles. The summed E-state index contributed by atoms with van der Waals surface area (Å²) in [5.41, 5.74) is 2.44.